The van der Waals surface area contributed by atoms with E-state index in [0.717, 1.165) is 0 Å². The van der Waals surface area contributed by atoms with Gasteiger partial charge in [-0.1, -0.05) is 22.0 Å². The molecule has 8 heteroatoms. The number of halogens is 2. The van der Waals surface area contributed by atoms with Crippen molar-refractivity contribution in [3.63, 3.8) is 0 Å². The van der Waals surface area contributed by atoms with Crippen molar-refractivity contribution in [2.75, 3.05) is 6.54 Å². The average molecular weight is 408 g/mol. The summed E-state index contributed by atoms with van der Waals surface area (Å²) >= 11 is 3.34. The molecule has 0 bridgehead atoms. The van der Waals surface area contributed by atoms with E-state index in [4.69, 9.17) is 4.42 Å². The van der Waals surface area contributed by atoms with Crippen molar-refractivity contribution < 1.29 is 18.7 Å². The maximum absolute atomic E-state index is 13.5. The van der Waals surface area contributed by atoms with Crippen LogP contribution < -0.4 is 0 Å². The van der Waals surface area contributed by atoms with Crippen LogP contribution in [0.5, 0.6) is 0 Å². The van der Waals surface area contributed by atoms with Crippen LogP contribution in [0.25, 0.3) is 0 Å². The van der Waals surface area contributed by atoms with Crippen molar-refractivity contribution in [3.05, 3.63) is 63.7 Å². The highest BCUT2D eigenvalue weighted by Gasteiger charge is 2.37. The summed E-state index contributed by atoms with van der Waals surface area (Å²) in [6.07, 6.45) is 2.93. The van der Waals surface area contributed by atoms with Crippen molar-refractivity contribution in [3.8, 4) is 0 Å². The van der Waals surface area contributed by atoms with Gasteiger partial charge in [-0.15, -0.1) is 0 Å². The molecule has 1 aromatic carbocycles. The van der Waals surface area contributed by atoms with Crippen LogP contribution in [0, 0.1) is 5.82 Å². The maximum Gasteiger partial charge on any atom is 0.335 e. The molecule has 1 atom stereocenters. The number of likely N-dealkylation sites (N-methyl/N-ethyl adjacent to an activating group) is 1. The van der Waals surface area contributed by atoms with Gasteiger partial charge in [0.05, 0.1) is 23.5 Å². The molecule has 2 heterocycles. The monoisotopic (exact) mass is 407 g/mol. The van der Waals surface area contributed by atoms with E-state index >= 15 is 0 Å². The first-order chi connectivity index (χ1) is 11.9. The first kappa shape index (κ1) is 17.3. The van der Waals surface area contributed by atoms with Gasteiger partial charge in [0, 0.05) is 11.0 Å². The lowest BCUT2D eigenvalue weighted by Gasteiger charge is -2.36. The minimum atomic E-state index is -1.08. The molecular formula is C17H15BrFN3O3. The molecular weight excluding hydrogens is 393 g/mol. The number of hydrogen-bond donors (Lipinski definition) is 1. The number of carbonyl (C=O) groups is 1. The number of allylic oxidation sites excluding steroid dienone is 1. The number of aromatic nitrogens is 1. The van der Waals surface area contributed by atoms with Gasteiger partial charge in [-0.05, 0) is 31.5 Å². The summed E-state index contributed by atoms with van der Waals surface area (Å²) in [6, 6.07) is 3.53. The van der Waals surface area contributed by atoms with Crippen molar-refractivity contribution >= 4 is 27.7 Å². The minimum Gasteiger partial charge on any atom is -0.478 e. The number of amidine groups is 1. The lowest BCUT2D eigenvalue weighted by Crippen LogP contribution is -2.41. The molecule has 0 fully saturated rings. The summed E-state index contributed by atoms with van der Waals surface area (Å²) < 4.78 is 19.3. The molecule has 1 aliphatic rings. The van der Waals surface area contributed by atoms with Crippen LogP contribution >= 0.6 is 15.9 Å². The fourth-order valence-electron chi connectivity index (χ4n) is 2.91. The van der Waals surface area contributed by atoms with Gasteiger partial charge in [0.1, 0.15) is 12.1 Å². The summed E-state index contributed by atoms with van der Waals surface area (Å²) in [5.41, 5.74) is 1.11. The lowest BCUT2D eigenvalue weighted by molar-refractivity contribution is -0.133. The largest absolute Gasteiger partial charge is 0.478 e. The van der Waals surface area contributed by atoms with E-state index < -0.39 is 17.8 Å². The smallest absolute Gasteiger partial charge is 0.335 e. The molecule has 6 nitrogen and oxygen atoms in total. The number of aliphatic carboxylic acids is 1. The molecule has 1 unspecified atom stereocenters. The van der Waals surface area contributed by atoms with E-state index in [1.54, 1.807) is 17.9 Å². The van der Waals surface area contributed by atoms with Gasteiger partial charge in [-0.2, -0.15) is 0 Å². The molecule has 0 spiro atoms. The summed E-state index contributed by atoms with van der Waals surface area (Å²) in [4.78, 5) is 22.2. The normalized spacial score (nSPS) is 17.7. The molecule has 1 aromatic heterocycles. The Morgan fingerprint density at radius 3 is 2.80 bits per heavy atom. The number of nitrogens with zero attached hydrogens (tertiary/aromatic N) is 3. The van der Waals surface area contributed by atoms with E-state index in [2.05, 4.69) is 25.9 Å². The fourth-order valence-corrected chi connectivity index (χ4v) is 3.48. The van der Waals surface area contributed by atoms with Crippen LogP contribution in [-0.4, -0.2) is 33.3 Å². The highest BCUT2D eigenvalue weighted by molar-refractivity contribution is 9.10. The molecule has 130 valence electrons. The highest BCUT2D eigenvalue weighted by atomic mass is 79.9. The van der Waals surface area contributed by atoms with Crippen LogP contribution in [0.1, 0.15) is 31.3 Å². The molecule has 1 aliphatic heterocycles. The standard InChI is InChI=1S/C17H15BrFN3O3/c1-3-22-14(11-5-4-10(19)8-12(11)18)13(17(23)24)9(2)21-15(22)16-20-6-7-25-16/h4-8,14H,3H2,1-2H3,(H,23,24). The predicted molar refractivity (Wildman–Crippen MR) is 92.6 cm³/mol. The zero-order valence-electron chi connectivity index (χ0n) is 13.5. The molecule has 3 rings (SSSR count). The zero-order valence-corrected chi connectivity index (χ0v) is 15.1. The Hall–Kier alpha value is -2.48. The van der Waals surface area contributed by atoms with Crippen LogP contribution in [0.4, 0.5) is 4.39 Å². The Morgan fingerprint density at radius 1 is 1.48 bits per heavy atom. The molecule has 0 aliphatic carbocycles. The third-order valence-electron chi connectivity index (χ3n) is 3.97. The van der Waals surface area contributed by atoms with Gasteiger partial charge in [0.2, 0.25) is 0 Å². The van der Waals surface area contributed by atoms with Gasteiger partial charge < -0.3 is 14.4 Å². The Balaban J connectivity index is 2.23. The summed E-state index contributed by atoms with van der Waals surface area (Å²) in [7, 11) is 0. The number of benzene rings is 1. The summed E-state index contributed by atoms with van der Waals surface area (Å²) in [6.45, 7) is 3.96. The van der Waals surface area contributed by atoms with E-state index in [1.807, 2.05) is 6.92 Å². The third kappa shape index (κ3) is 3.09. The second kappa shape index (κ2) is 6.79. The number of aliphatic imine (C=N–C) groups is 1. The first-order valence-corrected chi connectivity index (χ1v) is 8.37. The van der Waals surface area contributed by atoms with Crippen molar-refractivity contribution in [1.29, 1.82) is 0 Å². The third-order valence-corrected chi connectivity index (χ3v) is 4.66. The Morgan fingerprint density at radius 2 is 2.24 bits per heavy atom. The predicted octanol–water partition coefficient (Wildman–Crippen LogP) is 3.76. The van der Waals surface area contributed by atoms with Crippen LogP contribution in [0.3, 0.4) is 0 Å². The quantitative estimate of drug-likeness (QED) is 0.834. The van der Waals surface area contributed by atoms with Crippen molar-refractivity contribution in [1.82, 2.24) is 9.88 Å². The van der Waals surface area contributed by atoms with Gasteiger partial charge in [0.25, 0.3) is 5.89 Å². The molecule has 0 saturated heterocycles. The van der Waals surface area contributed by atoms with Crippen LogP contribution in [-0.2, 0) is 4.79 Å². The Bertz CT molecular complexity index is 877. The highest BCUT2D eigenvalue weighted by Crippen LogP contribution is 2.39. The first-order valence-electron chi connectivity index (χ1n) is 7.58. The number of oxazole rings is 1. The second-order valence-corrected chi connectivity index (χ2v) is 6.29. The minimum absolute atomic E-state index is 0.129. The van der Waals surface area contributed by atoms with E-state index in [-0.39, 0.29) is 5.57 Å². The number of carboxylic acids is 1. The number of hydrogen-bond acceptors (Lipinski definition) is 5. The van der Waals surface area contributed by atoms with Crippen LogP contribution in [0.15, 0.2) is 55.8 Å². The fraction of sp³-hybridized carbons (Fsp3) is 0.235. The molecule has 25 heavy (non-hydrogen) atoms. The Labute approximate surface area is 151 Å². The van der Waals surface area contributed by atoms with Gasteiger partial charge in [-0.3, -0.25) is 0 Å². The SMILES string of the molecule is CCN1C(c2ncco2)=NC(C)=C(C(=O)O)C1c1ccc(F)cc1Br. The topological polar surface area (TPSA) is 78.9 Å². The number of carboxylic acid groups (broad SMARTS) is 1. The van der Waals surface area contributed by atoms with Gasteiger partial charge in [-0.25, -0.2) is 19.2 Å². The van der Waals surface area contributed by atoms with E-state index in [1.165, 1.54) is 24.6 Å². The molecule has 0 amide bonds. The summed E-state index contributed by atoms with van der Waals surface area (Å²) in [5.74, 6) is -0.744. The second-order valence-electron chi connectivity index (χ2n) is 5.43. The molecule has 0 saturated carbocycles. The average Bonchev–Trinajstić information content (AvgIpc) is 3.08. The van der Waals surface area contributed by atoms with E-state index in [0.29, 0.717) is 34.0 Å². The zero-order chi connectivity index (χ0) is 18.1. The molecule has 2 aromatic rings. The molecule has 1 N–H and O–H groups in total. The molecule has 0 radical (unpaired) electrons. The Kier molecular flexibility index (Phi) is 4.71. The van der Waals surface area contributed by atoms with Gasteiger partial charge >= 0.3 is 5.97 Å². The summed E-state index contributed by atoms with van der Waals surface area (Å²) in [5, 5.41) is 9.73. The lowest BCUT2D eigenvalue weighted by atomic mass is 9.93. The maximum atomic E-state index is 13.5. The van der Waals surface area contributed by atoms with Crippen molar-refractivity contribution in [2.24, 2.45) is 4.99 Å². The number of rotatable bonds is 4. The van der Waals surface area contributed by atoms with Crippen molar-refractivity contribution in [2.45, 2.75) is 19.9 Å². The van der Waals surface area contributed by atoms with Crippen LogP contribution in [0.2, 0.25) is 0 Å². The van der Waals surface area contributed by atoms with E-state index in [9.17, 15) is 14.3 Å². The van der Waals surface area contributed by atoms with Gasteiger partial charge in [0.15, 0.2) is 5.84 Å².